The summed E-state index contributed by atoms with van der Waals surface area (Å²) in [6, 6.07) is 6.44. The first-order valence-electron chi connectivity index (χ1n) is 5.61. The molecule has 1 aromatic carbocycles. The van der Waals surface area contributed by atoms with Gasteiger partial charge in [-0.2, -0.15) is 0 Å². The lowest BCUT2D eigenvalue weighted by atomic mass is 9.94. The standard InChI is InChI=1S/C16H20/c1-6-7-10-15(12(2)3)16-11-8-9-13(4)14(16)5/h6-11H,1H2,2-5H3/b10-7-. The molecule has 0 N–H and O–H groups in total. The molecule has 0 unspecified atom stereocenters. The lowest BCUT2D eigenvalue weighted by molar-refractivity contribution is 1.30. The second-order valence-corrected chi connectivity index (χ2v) is 4.26. The van der Waals surface area contributed by atoms with Gasteiger partial charge in [-0.1, -0.05) is 48.6 Å². The molecule has 0 nitrogen and oxygen atoms in total. The fraction of sp³-hybridized carbons (Fsp3) is 0.250. The lowest BCUT2D eigenvalue weighted by Gasteiger charge is -2.11. The first-order chi connectivity index (χ1) is 7.57. The minimum atomic E-state index is 1.29. The molecule has 0 aliphatic carbocycles. The van der Waals surface area contributed by atoms with Crippen molar-refractivity contribution in [1.29, 1.82) is 0 Å². The van der Waals surface area contributed by atoms with Crippen LogP contribution in [0.4, 0.5) is 0 Å². The molecule has 0 atom stereocenters. The van der Waals surface area contributed by atoms with Crippen LogP contribution in [0.25, 0.3) is 5.57 Å². The number of rotatable bonds is 3. The third-order valence-corrected chi connectivity index (χ3v) is 2.83. The van der Waals surface area contributed by atoms with Crippen LogP contribution < -0.4 is 0 Å². The molecule has 1 rings (SSSR count). The molecule has 16 heavy (non-hydrogen) atoms. The molecule has 0 spiro atoms. The first kappa shape index (κ1) is 12.5. The summed E-state index contributed by atoms with van der Waals surface area (Å²) in [5.41, 5.74) is 6.63. The molecule has 0 heterocycles. The monoisotopic (exact) mass is 212 g/mol. The molecule has 0 fully saturated rings. The molecule has 0 heteroatoms. The summed E-state index contributed by atoms with van der Waals surface area (Å²) < 4.78 is 0. The van der Waals surface area contributed by atoms with Crippen molar-refractivity contribution < 1.29 is 0 Å². The van der Waals surface area contributed by atoms with Crippen LogP contribution in [0.3, 0.4) is 0 Å². The van der Waals surface area contributed by atoms with Gasteiger partial charge in [0.1, 0.15) is 0 Å². The average Bonchev–Trinajstić information content (AvgIpc) is 2.24. The molecule has 0 aliphatic heterocycles. The zero-order chi connectivity index (χ0) is 12.1. The fourth-order valence-electron chi connectivity index (χ4n) is 1.73. The Bertz CT molecular complexity index is 441. The van der Waals surface area contributed by atoms with Crippen LogP contribution in [-0.2, 0) is 0 Å². The van der Waals surface area contributed by atoms with Crippen molar-refractivity contribution in [3.8, 4) is 0 Å². The minimum Gasteiger partial charge on any atom is -0.0991 e. The molecule has 0 aliphatic rings. The molecule has 0 radical (unpaired) electrons. The number of hydrogen-bond acceptors (Lipinski definition) is 0. The van der Waals surface area contributed by atoms with Crippen LogP contribution >= 0.6 is 0 Å². The maximum atomic E-state index is 3.72. The highest BCUT2D eigenvalue weighted by molar-refractivity contribution is 5.78. The van der Waals surface area contributed by atoms with Crippen LogP contribution in [0.2, 0.25) is 0 Å². The Labute approximate surface area is 99.0 Å². The van der Waals surface area contributed by atoms with Crippen LogP contribution in [0.15, 0.2) is 48.6 Å². The smallest absolute Gasteiger partial charge is 0.0153 e. The summed E-state index contributed by atoms with van der Waals surface area (Å²) in [4.78, 5) is 0. The van der Waals surface area contributed by atoms with Gasteiger partial charge in [0.05, 0.1) is 0 Å². The summed E-state index contributed by atoms with van der Waals surface area (Å²) in [6.07, 6.45) is 5.93. The number of aryl methyl sites for hydroxylation is 1. The Morgan fingerprint density at radius 2 is 1.88 bits per heavy atom. The third kappa shape index (κ3) is 2.73. The van der Waals surface area contributed by atoms with Crippen molar-refractivity contribution in [2.75, 3.05) is 0 Å². The highest BCUT2D eigenvalue weighted by Crippen LogP contribution is 2.25. The molecule has 0 saturated carbocycles. The van der Waals surface area contributed by atoms with Crippen LogP contribution in [0, 0.1) is 13.8 Å². The Morgan fingerprint density at radius 3 is 2.44 bits per heavy atom. The first-order valence-corrected chi connectivity index (χ1v) is 5.61. The molecule has 84 valence electrons. The molecule has 0 aromatic heterocycles. The van der Waals surface area contributed by atoms with E-state index in [1.807, 2.05) is 12.2 Å². The van der Waals surface area contributed by atoms with Crippen molar-refractivity contribution in [3.05, 3.63) is 65.3 Å². The van der Waals surface area contributed by atoms with Gasteiger partial charge in [0.2, 0.25) is 0 Å². The van der Waals surface area contributed by atoms with E-state index in [0.29, 0.717) is 0 Å². The second kappa shape index (κ2) is 5.50. The van der Waals surface area contributed by atoms with Crippen LogP contribution in [0.1, 0.15) is 30.5 Å². The zero-order valence-electron chi connectivity index (χ0n) is 10.7. The van der Waals surface area contributed by atoms with Gasteiger partial charge in [0.15, 0.2) is 0 Å². The third-order valence-electron chi connectivity index (χ3n) is 2.83. The Kier molecular flexibility index (Phi) is 4.30. The summed E-state index contributed by atoms with van der Waals surface area (Å²) in [5.74, 6) is 0. The van der Waals surface area contributed by atoms with Crippen molar-refractivity contribution in [2.45, 2.75) is 27.7 Å². The van der Waals surface area contributed by atoms with Gasteiger partial charge in [-0.3, -0.25) is 0 Å². The predicted molar refractivity (Wildman–Crippen MR) is 73.5 cm³/mol. The van der Waals surface area contributed by atoms with Crippen LogP contribution in [0.5, 0.6) is 0 Å². The van der Waals surface area contributed by atoms with Crippen molar-refractivity contribution >= 4 is 5.57 Å². The highest BCUT2D eigenvalue weighted by Gasteiger charge is 2.05. The summed E-state index contributed by atoms with van der Waals surface area (Å²) >= 11 is 0. The lowest BCUT2D eigenvalue weighted by Crippen LogP contribution is -1.91. The number of allylic oxidation sites excluding steroid dienone is 5. The molecular formula is C16H20. The van der Waals surface area contributed by atoms with Gasteiger partial charge < -0.3 is 0 Å². The van der Waals surface area contributed by atoms with E-state index in [1.54, 1.807) is 0 Å². The van der Waals surface area contributed by atoms with E-state index in [-0.39, 0.29) is 0 Å². The van der Waals surface area contributed by atoms with Gasteiger partial charge in [0, 0.05) is 0 Å². The zero-order valence-corrected chi connectivity index (χ0v) is 10.7. The van der Waals surface area contributed by atoms with E-state index in [9.17, 15) is 0 Å². The maximum absolute atomic E-state index is 3.72. The SMILES string of the molecule is C=C/C=C\C(=C(C)C)c1cccc(C)c1C. The van der Waals surface area contributed by atoms with Gasteiger partial charge in [-0.05, 0) is 50.0 Å². The highest BCUT2D eigenvalue weighted by atomic mass is 14.1. The Balaban J connectivity index is 3.34. The van der Waals surface area contributed by atoms with Crippen LogP contribution in [-0.4, -0.2) is 0 Å². The predicted octanol–water partition coefficient (Wildman–Crippen LogP) is 4.84. The Morgan fingerprint density at radius 1 is 1.19 bits per heavy atom. The molecular weight excluding hydrogens is 192 g/mol. The average molecular weight is 212 g/mol. The molecule has 0 amide bonds. The van der Waals surface area contributed by atoms with Gasteiger partial charge in [0.25, 0.3) is 0 Å². The van der Waals surface area contributed by atoms with Gasteiger partial charge in [-0.15, -0.1) is 0 Å². The number of hydrogen-bond donors (Lipinski definition) is 0. The van der Waals surface area contributed by atoms with Crippen molar-refractivity contribution in [3.63, 3.8) is 0 Å². The van der Waals surface area contributed by atoms with E-state index in [4.69, 9.17) is 0 Å². The Hall–Kier alpha value is -1.56. The summed E-state index contributed by atoms with van der Waals surface area (Å²) in [5, 5.41) is 0. The fourth-order valence-corrected chi connectivity index (χ4v) is 1.73. The number of benzene rings is 1. The molecule has 1 aromatic rings. The van der Waals surface area contributed by atoms with Crippen molar-refractivity contribution in [1.82, 2.24) is 0 Å². The maximum Gasteiger partial charge on any atom is -0.0153 e. The van der Waals surface area contributed by atoms with E-state index in [1.165, 1.54) is 27.8 Å². The van der Waals surface area contributed by atoms with E-state index in [2.05, 4.69) is 58.5 Å². The molecule has 0 bridgehead atoms. The van der Waals surface area contributed by atoms with E-state index < -0.39 is 0 Å². The topological polar surface area (TPSA) is 0 Å². The quantitative estimate of drug-likeness (QED) is 0.629. The van der Waals surface area contributed by atoms with E-state index >= 15 is 0 Å². The van der Waals surface area contributed by atoms with Gasteiger partial charge in [-0.25, -0.2) is 0 Å². The molecule has 0 saturated heterocycles. The van der Waals surface area contributed by atoms with Gasteiger partial charge >= 0.3 is 0 Å². The van der Waals surface area contributed by atoms with E-state index in [0.717, 1.165) is 0 Å². The summed E-state index contributed by atoms with van der Waals surface area (Å²) in [7, 11) is 0. The van der Waals surface area contributed by atoms with Crippen molar-refractivity contribution in [2.24, 2.45) is 0 Å². The normalized spacial score (nSPS) is 10.5. The minimum absolute atomic E-state index is 1.29. The second-order valence-electron chi connectivity index (χ2n) is 4.26. The summed E-state index contributed by atoms with van der Waals surface area (Å²) in [6.45, 7) is 12.3. The largest absolute Gasteiger partial charge is 0.0991 e.